The van der Waals surface area contributed by atoms with E-state index in [4.69, 9.17) is 25.3 Å². The number of nitrogens with zero attached hydrogens (tertiary/aromatic N) is 4. The summed E-state index contributed by atoms with van der Waals surface area (Å²) < 4.78 is 16.6. The van der Waals surface area contributed by atoms with E-state index in [0.717, 1.165) is 70.3 Å². The number of carboxylic acids is 1. The summed E-state index contributed by atoms with van der Waals surface area (Å²) in [7, 11) is 0. The van der Waals surface area contributed by atoms with Gasteiger partial charge in [-0.3, -0.25) is 9.59 Å². The van der Waals surface area contributed by atoms with E-state index in [1.807, 2.05) is 4.90 Å². The van der Waals surface area contributed by atoms with Gasteiger partial charge in [0.05, 0.1) is 37.9 Å². The second-order valence-electron chi connectivity index (χ2n) is 22.4. The van der Waals surface area contributed by atoms with Crippen molar-refractivity contribution in [3.05, 3.63) is 23.8 Å². The van der Waals surface area contributed by atoms with Gasteiger partial charge >= 0.3 is 5.97 Å². The highest BCUT2D eigenvalue weighted by atomic mass is 16.5. The number of hydrogen-bond donors (Lipinski definition) is 2. The number of ether oxygens (including phenoxy) is 2. The van der Waals surface area contributed by atoms with Crippen LogP contribution in [0.1, 0.15) is 152 Å². The number of piperidine rings is 1. The minimum Gasteiger partial charge on any atom is -0.481 e. The Labute approximate surface area is 337 Å². The van der Waals surface area contributed by atoms with Crippen LogP contribution in [0.25, 0.3) is 0 Å². The maximum atomic E-state index is 13.7. The molecule has 3 heterocycles. The molecule has 1 aromatic heterocycles. The lowest BCUT2D eigenvalue weighted by Gasteiger charge is -2.71. The second-order valence-corrected chi connectivity index (χ2v) is 22.4. The standard InChI is InChI=1S/C46H75N5O5/c1-28(2)29(3)42(9)19-20-43(10)32-13-14-35-41(8)23-34(51-38(48-27-49-51)31-16-21-50(22-17-31)30(4)52)37(56-25-45(12,47)40(5,6)7)46(35,26-55-24-41)33(32)15-18-44(43,11)36(42)39(53)54/h15,27-29,31-32,34-37H,13-14,16-26,47H2,1-12H3,(H,53,54)/t29-,32+,34-,35-,36-,37+,41-,42-,43-,44+,45+,46+/m1/s1. The lowest BCUT2D eigenvalue weighted by Crippen LogP contribution is -2.70. The summed E-state index contributed by atoms with van der Waals surface area (Å²) in [5, 5.41) is 16.3. The number of aliphatic carboxylic acids is 1. The smallest absolute Gasteiger partial charge is 0.307 e. The van der Waals surface area contributed by atoms with Crippen molar-refractivity contribution in [2.45, 2.75) is 158 Å². The van der Waals surface area contributed by atoms with Crippen LogP contribution in [0.2, 0.25) is 0 Å². The first-order chi connectivity index (χ1) is 26.0. The van der Waals surface area contributed by atoms with Gasteiger partial charge in [-0.15, -0.1) is 0 Å². The molecule has 2 saturated heterocycles. The van der Waals surface area contributed by atoms with E-state index in [1.54, 1.807) is 13.3 Å². The zero-order valence-corrected chi connectivity index (χ0v) is 36.9. The van der Waals surface area contributed by atoms with Gasteiger partial charge in [0.1, 0.15) is 12.2 Å². The van der Waals surface area contributed by atoms with Crippen LogP contribution in [0, 0.1) is 62.1 Å². The van der Waals surface area contributed by atoms with Gasteiger partial charge < -0.3 is 25.2 Å². The van der Waals surface area contributed by atoms with Crippen molar-refractivity contribution in [2.24, 2.45) is 67.8 Å². The molecule has 10 heteroatoms. The summed E-state index contributed by atoms with van der Waals surface area (Å²) in [5.74, 6) is 1.48. The van der Waals surface area contributed by atoms with Gasteiger partial charge in [0.2, 0.25) is 5.91 Å². The predicted octanol–water partition coefficient (Wildman–Crippen LogP) is 8.28. The first-order valence-corrected chi connectivity index (χ1v) is 22.0. The molecule has 12 atom stereocenters. The number of carbonyl (C=O) groups is 2. The van der Waals surface area contributed by atoms with E-state index in [9.17, 15) is 14.7 Å². The fourth-order valence-electron chi connectivity index (χ4n) is 13.8. The van der Waals surface area contributed by atoms with Gasteiger partial charge in [-0.25, -0.2) is 9.67 Å². The number of aromatic nitrogens is 3. The minimum atomic E-state index is -0.637. The topological polar surface area (TPSA) is 133 Å². The molecule has 10 nitrogen and oxygen atoms in total. The second kappa shape index (κ2) is 13.9. The molecule has 4 aliphatic carbocycles. The van der Waals surface area contributed by atoms with Gasteiger partial charge in [-0.2, -0.15) is 5.10 Å². The predicted molar refractivity (Wildman–Crippen MR) is 219 cm³/mol. The number of likely N-dealkylation sites (tertiary alicyclic amines) is 1. The summed E-state index contributed by atoms with van der Waals surface area (Å²) in [6, 6.07) is -0.0895. The largest absolute Gasteiger partial charge is 0.481 e. The molecule has 3 saturated carbocycles. The molecular formula is C46H75N5O5. The van der Waals surface area contributed by atoms with Gasteiger partial charge in [0.25, 0.3) is 0 Å². The molecule has 314 valence electrons. The zero-order chi connectivity index (χ0) is 41.0. The third kappa shape index (κ3) is 6.01. The van der Waals surface area contributed by atoms with Crippen LogP contribution in [0.4, 0.5) is 0 Å². The lowest BCUT2D eigenvalue weighted by atomic mass is 9.34. The van der Waals surface area contributed by atoms with Crippen LogP contribution in [0.5, 0.6) is 0 Å². The zero-order valence-electron chi connectivity index (χ0n) is 36.9. The number of fused-ring (bicyclic) bond motifs is 3. The lowest BCUT2D eigenvalue weighted by molar-refractivity contribution is -0.255. The highest BCUT2D eigenvalue weighted by Crippen LogP contribution is 2.75. The molecule has 56 heavy (non-hydrogen) atoms. The molecule has 2 bridgehead atoms. The summed E-state index contributed by atoms with van der Waals surface area (Å²) in [6.07, 6.45) is 11.3. The van der Waals surface area contributed by atoms with E-state index in [0.29, 0.717) is 31.7 Å². The van der Waals surface area contributed by atoms with Crippen LogP contribution < -0.4 is 5.73 Å². The quantitative estimate of drug-likeness (QED) is 0.252. The highest BCUT2D eigenvalue weighted by molar-refractivity contribution is 5.73. The normalized spacial score (nSPS) is 41.9. The van der Waals surface area contributed by atoms with E-state index < -0.39 is 28.3 Å². The number of allylic oxidation sites excluding steroid dienone is 1. The van der Waals surface area contributed by atoms with Crippen molar-refractivity contribution in [3.63, 3.8) is 0 Å². The molecule has 2 aliphatic heterocycles. The Hall–Kier alpha value is -2.30. The van der Waals surface area contributed by atoms with Crippen molar-refractivity contribution in [1.82, 2.24) is 19.7 Å². The molecule has 1 aromatic rings. The van der Waals surface area contributed by atoms with Crippen molar-refractivity contribution in [1.29, 1.82) is 0 Å². The molecule has 0 radical (unpaired) electrons. The monoisotopic (exact) mass is 778 g/mol. The molecule has 6 aliphatic rings. The molecule has 1 amide bonds. The van der Waals surface area contributed by atoms with E-state index in [-0.39, 0.29) is 57.5 Å². The Balaban J connectivity index is 1.37. The molecule has 0 spiro atoms. The SMILES string of the molecule is CC(=O)N1CCC(c2ncnn2[C@@H]2C[C@]3(C)COC[C@@]4(C5=CC[C@@]6(C)[C@H](C(=O)O)[C@@](C)([C@H](C)C(C)C)CC[C@]6(C)[C@H]5CC[C@H]34)[C@H]2OC[C@](C)(N)C(C)(C)C)CC1. The van der Waals surface area contributed by atoms with E-state index >= 15 is 0 Å². The van der Waals surface area contributed by atoms with Crippen LogP contribution in [0.3, 0.4) is 0 Å². The van der Waals surface area contributed by atoms with Gasteiger partial charge in [-0.05, 0) is 109 Å². The first kappa shape index (κ1) is 41.8. The molecule has 7 rings (SSSR count). The first-order valence-electron chi connectivity index (χ1n) is 22.0. The Kier molecular flexibility index (Phi) is 10.4. The number of hydrogen-bond acceptors (Lipinski definition) is 7. The minimum absolute atomic E-state index is 0.0895. The summed E-state index contributed by atoms with van der Waals surface area (Å²) in [6.45, 7) is 29.8. The maximum Gasteiger partial charge on any atom is 0.307 e. The summed E-state index contributed by atoms with van der Waals surface area (Å²) in [4.78, 5) is 32.9. The molecule has 3 N–H and O–H groups in total. The number of rotatable bonds is 8. The van der Waals surface area contributed by atoms with E-state index in [2.05, 4.69) is 86.9 Å². The molecule has 0 aromatic carbocycles. The van der Waals surface area contributed by atoms with Crippen molar-refractivity contribution >= 4 is 11.9 Å². The third-order valence-electron chi connectivity index (χ3n) is 18.5. The Morgan fingerprint density at radius 1 is 1.02 bits per heavy atom. The fraction of sp³-hybridized carbons (Fsp3) is 0.870. The Morgan fingerprint density at radius 3 is 2.30 bits per heavy atom. The van der Waals surface area contributed by atoms with Crippen molar-refractivity contribution < 1.29 is 24.2 Å². The number of nitrogens with two attached hydrogens (primary N) is 1. The van der Waals surface area contributed by atoms with Crippen molar-refractivity contribution in [3.8, 4) is 0 Å². The summed E-state index contributed by atoms with van der Waals surface area (Å²) in [5.41, 5.74) is 6.35. The fourth-order valence-corrected chi connectivity index (χ4v) is 13.8. The van der Waals surface area contributed by atoms with Gasteiger partial charge in [0.15, 0.2) is 0 Å². The highest BCUT2D eigenvalue weighted by Gasteiger charge is 2.73. The average Bonchev–Trinajstić information content (AvgIpc) is 3.60. The number of carbonyl (C=O) groups excluding carboxylic acids is 1. The van der Waals surface area contributed by atoms with Crippen LogP contribution in [-0.2, 0) is 19.1 Å². The molecular weight excluding hydrogens is 703 g/mol. The Morgan fingerprint density at radius 2 is 1.70 bits per heavy atom. The Bertz CT molecular complexity index is 1710. The molecule has 0 unspecified atom stereocenters. The maximum absolute atomic E-state index is 13.7. The van der Waals surface area contributed by atoms with Gasteiger partial charge in [0, 0.05) is 36.9 Å². The van der Waals surface area contributed by atoms with Crippen molar-refractivity contribution in [2.75, 3.05) is 32.9 Å². The van der Waals surface area contributed by atoms with Crippen LogP contribution in [-0.4, -0.2) is 81.2 Å². The van der Waals surface area contributed by atoms with E-state index in [1.165, 1.54) is 5.57 Å². The van der Waals surface area contributed by atoms with Crippen LogP contribution in [0.15, 0.2) is 18.0 Å². The molecule has 5 fully saturated rings. The van der Waals surface area contributed by atoms with Crippen LogP contribution >= 0.6 is 0 Å². The van der Waals surface area contributed by atoms with Gasteiger partial charge in [-0.1, -0.05) is 80.9 Å². The summed E-state index contributed by atoms with van der Waals surface area (Å²) >= 11 is 0. The third-order valence-corrected chi connectivity index (χ3v) is 18.5. The number of carboxylic acid groups (broad SMARTS) is 1. The average molecular weight is 778 g/mol. The number of amides is 1.